The molecule has 0 aliphatic carbocycles. The highest BCUT2D eigenvalue weighted by atomic mass is 16.5. The molecule has 5 nitrogen and oxygen atoms in total. The van der Waals surface area contributed by atoms with Gasteiger partial charge in [0.25, 0.3) is 5.91 Å². The van der Waals surface area contributed by atoms with Crippen molar-refractivity contribution < 1.29 is 9.53 Å². The molecule has 0 bridgehead atoms. The highest BCUT2D eigenvalue weighted by Gasteiger charge is 2.16. The number of ether oxygens (including phenoxy) is 1. The number of rotatable bonds is 4. The monoisotopic (exact) mass is 321 g/mol. The molecule has 24 heavy (non-hydrogen) atoms. The molecule has 5 heteroatoms. The van der Waals surface area contributed by atoms with E-state index in [0.29, 0.717) is 17.3 Å². The first kappa shape index (κ1) is 15.8. The van der Waals surface area contributed by atoms with Crippen molar-refractivity contribution in [3.63, 3.8) is 0 Å². The van der Waals surface area contributed by atoms with Gasteiger partial charge in [0.1, 0.15) is 5.69 Å². The number of methoxy groups -OCH3 is 1. The summed E-state index contributed by atoms with van der Waals surface area (Å²) in [6.07, 6.45) is 0. The Morgan fingerprint density at radius 1 is 1.08 bits per heavy atom. The summed E-state index contributed by atoms with van der Waals surface area (Å²) < 4.78 is 7.13. The van der Waals surface area contributed by atoms with Crippen molar-refractivity contribution in [2.75, 3.05) is 12.4 Å². The predicted octanol–water partition coefficient (Wildman–Crippen LogP) is 3.66. The van der Waals surface area contributed by atoms with Gasteiger partial charge in [-0.2, -0.15) is 0 Å². The summed E-state index contributed by atoms with van der Waals surface area (Å²) >= 11 is 0. The maximum absolute atomic E-state index is 12.6. The lowest BCUT2D eigenvalue weighted by Gasteiger charge is -2.11. The molecule has 0 spiro atoms. The van der Waals surface area contributed by atoms with Crippen LogP contribution in [0.2, 0.25) is 0 Å². The minimum atomic E-state index is -0.226. The summed E-state index contributed by atoms with van der Waals surface area (Å²) in [6.45, 7) is 1.87. The second-order valence-corrected chi connectivity index (χ2v) is 5.49. The molecule has 0 saturated heterocycles. The summed E-state index contributed by atoms with van der Waals surface area (Å²) in [5.41, 5.74) is 3.40. The van der Waals surface area contributed by atoms with Crippen LogP contribution in [0.5, 0.6) is 5.75 Å². The average molecular weight is 321 g/mol. The maximum atomic E-state index is 12.6. The van der Waals surface area contributed by atoms with Crippen LogP contribution in [-0.2, 0) is 7.05 Å². The van der Waals surface area contributed by atoms with E-state index in [-0.39, 0.29) is 5.91 Å². The van der Waals surface area contributed by atoms with Gasteiger partial charge in [-0.1, -0.05) is 30.3 Å². The van der Waals surface area contributed by atoms with E-state index in [9.17, 15) is 4.79 Å². The molecular formula is C19H19N3O2. The zero-order chi connectivity index (χ0) is 17.1. The number of aromatic nitrogens is 2. The molecule has 0 fully saturated rings. The van der Waals surface area contributed by atoms with Gasteiger partial charge in [0.05, 0.1) is 7.11 Å². The first-order valence-corrected chi connectivity index (χ1v) is 7.64. The van der Waals surface area contributed by atoms with Crippen LogP contribution in [0.4, 0.5) is 5.82 Å². The first-order valence-electron chi connectivity index (χ1n) is 7.64. The van der Waals surface area contributed by atoms with E-state index in [4.69, 9.17) is 4.74 Å². The molecule has 0 aliphatic heterocycles. The van der Waals surface area contributed by atoms with Crippen LogP contribution in [0.25, 0.3) is 11.3 Å². The highest BCUT2D eigenvalue weighted by Crippen LogP contribution is 2.24. The smallest absolute Gasteiger partial charge is 0.273 e. The van der Waals surface area contributed by atoms with Gasteiger partial charge >= 0.3 is 0 Å². The molecule has 1 amide bonds. The van der Waals surface area contributed by atoms with Crippen LogP contribution in [-0.4, -0.2) is 22.6 Å². The van der Waals surface area contributed by atoms with E-state index in [0.717, 1.165) is 17.0 Å². The number of amides is 1. The fraction of sp³-hybridized carbons (Fsp3) is 0.158. The van der Waals surface area contributed by atoms with E-state index in [1.54, 1.807) is 19.2 Å². The van der Waals surface area contributed by atoms with E-state index in [1.807, 2.05) is 61.0 Å². The van der Waals surface area contributed by atoms with Gasteiger partial charge in [-0.3, -0.25) is 4.79 Å². The van der Waals surface area contributed by atoms with Crippen molar-refractivity contribution in [1.29, 1.82) is 0 Å². The van der Waals surface area contributed by atoms with Gasteiger partial charge < -0.3 is 14.6 Å². The Labute approximate surface area is 140 Å². The molecule has 1 aromatic carbocycles. The van der Waals surface area contributed by atoms with Gasteiger partial charge in [-0.05, 0) is 36.8 Å². The standard InChI is InChI=1S/C19H19N3O2/c1-13-9-12-17(24-3)18(20-13)21-19(23)16-11-10-15(22(16)2)14-7-5-4-6-8-14/h4-12H,1-3H3,(H,20,21,23). The van der Waals surface area contributed by atoms with Crippen molar-refractivity contribution in [1.82, 2.24) is 9.55 Å². The lowest BCUT2D eigenvalue weighted by molar-refractivity contribution is 0.101. The van der Waals surface area contributed by atoms with Gasteiger partial charge in [0.15, 0.2) is 11.6 Å². The second-order valence-electron chi connectivity index (χ2n) is 5.49. The minimum Gasteiger partial charge on any atom is -0.493 e. The number of hydrogen-bond acceptors (Lipinski definition) is 3. The number of carbonyl (C=O) groups is 1. The Morgan fingerprint density at radius 3 is 2.54 bits per heavy atom. The quantitative estimate of drug-likeness (QED) is 0.798. The molecule has 3 aromatic rings. The number of nitrogens with one attached hydrogen (secondary N) is 1. The summed E-state index contributed by atoms with van der Waals surface area (Å²) in [7, 11) is 3.43. The number of aryl methyl sites for hydroxylation is 1. The SMILES string of the molecule is COc1ccc(C)nc1NC(=O)c1ccc(-c2ccccc2)n1C. The lowest BCUT2D eigenvalue weighted by Crippen LogP contribution is -2.17. The third kappa shape index (κ3) is 3.01. The Balaban J connectivity index is 1.89. The third-order valence-corrected chi connectivity index (χ3v) is 3.87. The molecule has 1 N–H and O–H groups in total. The maximum Gasteiger partial charge on any atom is 0.273 e. The van der Waals surface area contributed by atoms with Crippen molar-refractivity contribution >= 4 is 11.7 Å². The van der Waals surface area contributed by atoms with Crippen molar-refractivity contribution in [3.05, 3.63) is 66.0 Å². The summed E-state index contributed by atoms with van der Waals surface area (Å²) in [5, 5.41) is 2.83. The van der Waals surface area contributed by atoms with Crippen LogP contribution in [0, 0.1) is 6.92 Å². The highest BCUT2D eigenvalue weighted by molar-refractivity contribution is 6.04. The third-order valence-electron chi connectivity index (χ3n) is 3.87. The van der Waals surface area contributed by atoms with Crippen LogP contribution in [0.3, 0.4) is 0 Å². The predicted molar refractivity (Wildman–Crippen MR) is 94.3 cm³/mol. The minimum absolute atomic E-state index is 0.226. The summed E-state index contributed by atoms with van der Waals surface area (Å²) in [5.74, 6) is 0.729. The fourth-order valence-electron chi connectivity index (χ4n) is 2.61. The first-order chi connectivity index (χ1) is 11.6. The number of pyridine rings is 1. The molecule has 0 radical (unpaired) electrons. The number of benzene rings is 1. The van der Waals surface area contributed by atoms with Gasteiger partial charge in [0, 0.05) is 18.4 Å². The van der Waals surface area contributed by atoms with Crippen molar-refractivity contribution in [3.8, 4) is 17.0 Å². The normalized spacial score (nSPS) is 10.5. The van der Waals surface area contributed by atoms with Crippen molar-refractivity contribution in [2.24, 2.45) is 7.05 Å². The van der Waals surface area contributed by atoms with Crippen LogP contribution >= 0.6 is 0 Å². The van der Waals surface area contributed by atoms with Gasteiger partial charge in [0.2, 0.25) is 0 Å². The number of nitrogens with zero attached hydrogens (tertiary/aromatic N) is 2. The lowest BCUT2D eigenvalue weighted by atomic mass is 10.2. The van der Waals surface area contributed by atoms with E-state index in [2.05, 4.69) is 10.3 Å². The number of anilines is 1. The topological polar surface area (TPSA) is 56.1 Å². The zero-order valence-corrected chi connectivity index (χ0v) is 13.9. The van der Waals surface area contributed by atoms with Crippen LogP contribution in [0.15, 0.2) is 54.6 Å². The molecule has 3 rings (SSSR count). The Hall–Kier alpha value is -3.08. The largest absolute Gasteiger partial charge is 0.493 e. The van der Waals surface area contributed by atoms with Gasteiger partial charge in [-0.25, -0.2) is 4.98 Å². The van der Waals surface area contributed by atoms with Crippen LogP contribution < -0.4 is 10.1 Å². The summed E-state index contributed by atoms with van der Waals surface area (Å²) in [6, 6.07) is 17.3. The number of carbonyl (C=O) groups excluding carboxylic acids is 1. The molecule has 0 atom stereocenters. The van der Waals surface area contributed by atoms with E-state index >= 15 is 0 Å². The fourth-order valence-corrected chi connectivity index (χ4v) is 2.61. The number of hydrogen-bond donors (Lipinski definition) is 1. The Kier molecular flexibility index (Phi) is 4.33. The molecule has 0 unspecified atom stereocenters. The van der Waals surface area contributed by atoms with Gasteiger partial charge in [-0.15, -0.1) is 0 Å². The molecule has 122 valence electrons. The van der Waals surface area contributed by atoms with Crippen molar-refractivity contribution in [2.45, 2.75) is 6.92 Å². The molecule has 0 aliphatic rings. The van der Waals surface area contributed by atoms with E-state index < -0.39 is 0 Å². The Bertz CT molecular complexity index is 870. The van der Waals surface area contributed by atoms with E-state index in [1.165, 1.54) is 0 Å². The van der Waals surface area contributed by atoms with Crippen LogP contribution in [0.1, 0.15) is 16.2 Å². The molecule has 2 heterocycles. The molecular weight excluding hydrogens is 302 g/mol. The zero-order valence-electron chi connectivity index (χ0n) is 13.9. The molecule has 0 saturated carbocycles. The second kappa shape index (κ2) is 6.58. The Morgan fingerprint density at radius 2 is 1.83 bits per heavy atom. The summed E-state index contributed by atoms with van der Waals surface area (Å²) in [4.78, 5) is 17.0. The average Bonchev–Trinajstić information content (AvgIpc) is 2.97. The molecule has 2 aromatic heterocycles.